The fourth-order valence-corrected chi connectivity index (χ4v) is 2.87. The second-order valence-electron chi connectivity index (χ2n) is 6.16. The van der Waals surface area contributed by atoms with Gasteiger partial charge in [-0.25, -0.2) is 4.98 Å². The van der Waals surface area contributed by atoms with Crippen LogP contribution >= 0.6 is 0 Å². The topological polar surface area (TPSA) is 114 Å². The molecule has 4 rings (SSSR count). The van der Waals surface area contributed by atoms with Crippen LogP contribution in [0.15, 0.2) is 42.9 Å². The first-order valence-corrected chi connectivity index (χ1v) is 8.53. The Bertz CT molecular complexity index is 988. The minimum atomic E-state index is -0.548. The van der Waals surface area contributed by atoms with E-state index in [1.165, 1.54) is 6.20 Å². The zero-order chi connectivity index (χ0) is 19.5. The summed E-state index contributed by atoms with van der Waals surface area (Å²) in [6.45, 7) is 0.992. The van der Waals surface area contributed by atoms with Crippen molar-refractivity contribution in [2.24, 2.45) is 0 Å². The fraction of sp³-hybridized carbons (Fsp3) is 0.278. The first kappa shape index (κ1) is 17.9. The minimum Gasteiger partial charge on any atom is -0.481 e. The Hall–Kier alpha value is -3.53. The van der Waals surface area contributed by atoms with Gasteiger partial charge in [-0.1, -0.05) is 0 Å². The quantitative estimate of drug-likeness (QED) is 0.470. The molecule has 10 nitrogen and oxygen atoms in total. The lowest BCUT2D eigenvalue weighted by atomic mass is 10.1. The lowest BCUT2D eigenvalue weighted by Gasteiger charge is -2.22. The summed E-state index contributed by atoms with van der Waals surface area (Å²) in [7, 11) is 1.57. The van der Waals surface area contributed by atoms with Crippen LogP contribution in [0.4, 0.5) is 5.82 Å². The van der Waals surface area contributed by atoms with Gasteiger partial charge >= 0.3 is 11.8 Å². The van der Waals surface area contributed by atoms with Crippen LogP contribution in [0, 0.1) is 10.1 Å². The Morgan fingerprint density at radius 2 is 2.21 bits per heavy atom. The van der Waals surface area contributed by atoms with Gasteiger partial charge in [0.1, 0.15) is 18.9 Å². The van der Waals surface area contributed by atoms with Gasteiger partial charge in [-0.15, -0.1) is 0 Å². The van der Waals surface area contributed by atoms with Crippen molar-refractivity contribution >= 4 is 5.82 Å². The largest absolute Gasteiger partial charge is 0.481 e. The Morgan fingerprint density at radius 3 is 2.96 bits per heavy atom. The monoisotopic (exact) mass is 383 g/mol. The highest BCUT2D eigenvalue weighted by Crippen LogP contribution is 2.24. The van der Waals surface area contributed by atoms with Crippen LogP contribution in [0.25, 0.3) is 11.1 Å². The molecule has 144 valence electrons. The lowest BCUT2D eigenvalue weighted by Crippen LogP contribution is -2.32. The summed E-state index contributed by atoms with van der Waals surface area (Å²) in [6.07, 6.45) is 4.55. The summed E-state index contributed by atoms with van der Waals surface area (Å²) in [5.41, 5.74) is 2.67. The normalized spacial score (nSPS) is 15.5. The van der Waals surface area contributed by atoms with Crippen molar-refractivity contribution < 1.29 is 19.1 Å². The Morgan fingerprint density at radius 1 is 1.32 bits per heavy atom. The van der Waals surface area contributed by atoms with E-state index in [2.05, 4.69) is 15.0 Å². The van der Waals surface area contributed by atoms with E-state index in [1.807, 2.05) is 18.2 Å². The van der Waals surface area contributed by atoms with Crippen molar-refractivity contribution in [3.63, 3.8) is 0 Å². The maximum absolute atomic E-state index is 10.8. The van der Waals surface area contributed by atoms with E-state index in [4.69, 9.17) is 14.2 Å². The van der Waals surface area contributed by atoms with Crippen LogP contribution in [0.2, 0.25) is 0 Å². The average Bonchev–Trinajstić information content (AvgIpc) is 3.16. The van der Waals surface area contributed by atoms with Crippen molar-refractivity contribution in [2.45, 2.75) is 19.3 Å². The van der Waals surface area contributed by atoms with Crippen LogP contribution in [-0.2, 0) is 17.9 Å². The smallest absolute Gasteiger partial charge is 0.414 e. The Balaban J connectivity index is 1.40. The molecule has 3 aromatic rings. The van der Waals surface area contributed by atoms with Gasteiger partial charge in [0, 0.05) is 29.0 Å². The van der Waals surface area contributed by atoms with Gasteiger partial charge in [-0.2, -0.15) is 0 Å². The number of aromatic nitrogens is 4. The molecule has 28 heavy (non-hydrogen) atoms. The second-order valence-corrected chi connectivity index (χ2v) is 6.16. The number of nitro groups is 1. The molecule has 0 N–H and O–H groups in total. The molecule has 3 aromatic heterocycles. The van der Waals surface area contributed by atoms with E-state index < -0.39 is 4.92 Å². The second kappa shape index (κ2) is 7.61. The number of ether oxygens (including phenoxy) is 3. The summed E-state index contributed by atoms with van der Waals surface area (Å²) in [4.78, 5) is 22.6. The fourth-order valence-electron chi connectivity index (χ4n) is 2.87. The van der Waals surface area contributed by atoms with Crippen LogP contribution < -0.4 is 9.47 Å². The van der Waals surface area contributed by atoms with E-state index >= 15 is 0 Å². The molecule has 0 spiro atoms. The highest BCUT2D eigenvalue weighted by atomic mass is 16.6. The van der Waals surface area contributed by atoms with Crippen molar-refractivity contribution in [1.29, 1.82) is 0 Å². The SMILES string of the molecule is COc1ccc(-c2ccnc(CO[C@@H]3COc4nc([N+](=O)[O-])cn4C3)c2)cn1. The summed E-state index contributed by atoms with van der Waals surface area (Å²) in [6, 6.07) is 7.79. The Labute approximate surface area is 159 Å². The number of methoxy groups -OCH3 is 1. The number of nitrogens with zero attached hydrogens (tertiary/aromatic N) is 5. The maximum atomic E-state index is 10.8. The van der Waals surface area contributed by atoms with E-state index in [-0.39, 0.29) is 31.1 Å². The molecule has 0 radical (unpaired) electrons. The third-order valence-electron chi connectivity index (χ3n) is 4.28. The third kappa shape index (κ3) is 3.76. The summed E-state index contributed by atoms with van der Waals surface area (Å²) >= 11 is 0. The van der Waals surface area contributed by atoms with Crippen molar-refractivity contribution in [1.82, 2.24) is 19.5 Å². The first-order chi connectivity index (χ1) is 13.6. The molecule has 10 heteroatoms. The van der Waals surface area contributed by atoms with Crippen LogP contribution in [-0.4, -0.2) is 44.3 Å². The van der Waals surface area contributed by atoms with Crippen LogP contribution in [0.3, 0.4) is 0 Å². The number of pyridine rings is 2. The summed E-state index contributed by atoms with van der Waals surface area (Å²) in [5.74, 6) is 0.316. The molecule has 0 saturated carbocycles. The highest BCUT2D eigenvalue weighted by molar-refractivity contribution is 5.62. The van der Waals surface area contributed by atoms with Gasteiger partial charge in [0.15, 0.2) is 0 Å². The predicted molar refractivity (Wildman–Crippen MR) is 97.0 cm³/mol. The van der Waals surface area contributed by atoms with Crippen molar-refractivity contribution in [2.75, 3.05) is 13.7 Å². The van der Waals surface area contributed by atoms with Gasteiger partial charge in [-0.05, 0) is 28.7 Å². The third-order valence-corrected chi connectivity index (χ3v) is 4.28. The van der Waals surface area contributed by atoms with Crippen molar-refractivity contribution in [3.8, 4) is 23.0 Å². The number of imidazole rings is 1. The molecule has 0 aliphatic carbocycles. The molecule has 1 atom stereocenters. The summed E-state index contributed by atoms with van der Waals surface area (Å²) in [5, 5.41) is 10.8. The zero-order valence-corrected chi connectivity index (χ0v) is 15.0. The molecule has 0 amide bonds. The van der Waals surface area contributed by atoms with Crippen LogP contribution in [0.5, 0.6) is 11.9 Å². The van der Waals surface area contributed by atoms with Gasteiger partial charge in [0.2, 0.25) is 5.88 Å². The number of hydrogen-bond donors (Lipinski definition) is 0. The predicted octanol–water partition coefficient (Wildman–Crippen LogP) is 2.23. The number of rotatable bonds is 6. The van der Waals surface area contributed by atoms with Gasteiger partial charge in [-0.3, -0.25) is 9.55 Å². The zero-order valence-electron chi connectivity index (χ0n) is 15.0. The van der Waals surface area contributed by atoms with E-state index in [0.717, 1.165) is 16.8 Å². The minimum absolute atomic E-state index is 0.235. The molecule has 0 aromatic carbocycles. The van der Waals surface area contributed by atoms with Crippen molar-refractivity contribution in [3.05, 3.63) is 58.7 Å². The molecule has 1 aliphatic heterocycles. The molecule has 0 unspecified atom stereocenters. The molecular weight excluding hydrogens is 366 g/mol. The van der Waals surface area contributed by atoms with E-state index in [0.29, 0.717) is 12.4 Å². The molecule has 1 aliphatic rings. The van der Waals surface area contributed by atoms with Gasteiger partial charge < -0.3 is 24.3 Å². The number of hydrogen-bond acceptors (Lipinski definition) is 8. The lowest BCUT2D eigenvalue weighted by molar-refractivity contribution is -0.389. The average molecular weight is 383 g/mol. The van der Waals surface area contributed by atoms with Crippen LogP contribution in [0.1, 0.15) is 5.69 Å². The number of fused-ring (bicyclic) bond motifs is 1. The molecule has 0 fully saturated rings. The molecular formula is C18H17N5O5. The molecule has 4 heterocycles. The standard InChI is InChI=1S/C18H17N5O5/c1-26-17-3-2-13(7-20-17)12-4-5-19-14(6-12)10-27-15-8-22-9-16(23(24)25)21-18(22)28-11-15/h2-7,9,15H,8,10-11H2,1H3/t15-/m0/s1. The Kier molecular flexibility index (Phi) is 4.85. The molecule has 0 saturated heterocycles. The van der Waals surface area contributed by atoms with E-state index in [9.17, 15) is 10.1 Å². The first-order valence-electron chi connectivity index (χ1n) is 8.53. The molecule has 0 bridgehead atoms. The highest BCUT2D eigenvalue weighted by Gasteiger charge is 2.28. The maximum Gasteiger partial charge on any atom is 0.414 e. The van der Waals surface area contributed by atoms with Gasteiger partial charge in [0.05, 0.1) is 26.0 Å². The summed E-state index contributed by atoms with van der Waals surface area (Å²) < 4.78 is 18.0. The van der Waals surface area contributed by atoms with E-state index in [1.54, 1.807) is 30.1 Å². The van der Waals surface area contributed by atoms with Gasteiger partial charge in [0.25, 0.3) is 0 Å².